The van der Waals surface area contributed by atoms with Gasteiger partial charge in [0.1, 0.15) is 6.79 Å². The second kappa shape index (κ2) is 7.04. The van der Waals surface area contributed by atoms with Crippen LogP contribution in [0.15, 0.2) is 0 Å². The molecule has 4 aliphatic rings. The van der Waals surface area contributed by atoms with E-state index in [4.69, 9.17) is 9.47 Å². The van der Waals surface area contributed by atoms with Gasteiger partial charge in [0.05, 0.1) is 12.2 Å². The summed E-state index contributed by atoms with van der Waals surface area (Å²) in [6, 6.07) is 0. The van der Waals surface area contributed by atoms with Crippen molar-refractivity contribution < 1.29 is 14.6 Å². The quantitative estimate of drug-likeness (QED) is 0.712. The Morgan fingerprint density at radius 1 is 0.962 bits per heavy atom. The average molecular weight is 365 g/mol. The Morgan fingerprint density at radius 2 is 1.69 bits per heavy atom. The Hall–Kier alpha value is -0.120. The summed E-state index contributed by atoms with van der Waals surface area (Å²) in [5.74, 6) is 4.00. The lowest BCUT2D eigenvalue weighted by Gasteiger charge is -2.61. The molecular weight excluding hydrogens is 324 g/mol. The summed E-state index contributed by atoms with van der Waals surface area (Å²) in [4.78, 5) is 0. The van der Waals surface area contributed by atoms with E-state index in [1.165, 1.54) is 57.8 Å². The molecule has 0 saturated heterocycles. The van der Waals surface area contributed by atoms with E-state index in [0.717, 1.165) is 23.7 Å². The van der Waals surface area contributed by atoms with Gasteiger partial charge in [-0.25, -0.2) is 0 Å². The lowest BCUT2D eigenvalue weighted by Crippen LogP contribution is -2.54. The van der Waals surface area contributed by atoms with E-state index >= 15 is 0 Å². The SMILES string of the molecule is COCO[C@@H]1CC[C@@]2(C)[C@@H](CC[C@@H]3[C@@H]2CC[C@]2(C)[C@@H]([C@@H](C)O)CC[C@@H]32)C1. The fraction of sp³-hybridized carbons (Fsp3) is 1.00. The van der Waals surface area contributed by atoms with Crippen LogP contribution in [0.2, 0.25) is 0 Å². The van der Waals surface area contributed by atoms with Crippen molar-refractivity contribution in [1.29, 1.82) is 0 Å². The van der Waals surface area contributed by atoms with Gasteiger partial charge in [-0.3, -0.25) is 0 Å². The van der Waals surface area contributed by atoms with Crippen LogP contribution in [-0.4, -0.2) is 31.2 Å². The molecular formula is C23H40O3. The van der Waals surface area contributed by atoms with Gasteiger partial charge >= 0.3 is 0 Å². The predicted molar refractivity (Wildman–Crippen MR) is 104 cm³/mol. The van der Waals surface area contributed by atoms with Gasteiger partial charge in [0.15, 0.2) is 0 Å². The van der Waals surface area contributed by atoms with E-state index in [2.05, 4.69) is 13.8 Å². The van der Waals surface area contributed by atoms with Gasteiger partial charge in [0.25, 0.3) is 0 Å². The van der Waals surface area contributed by atoms with Crippen molar-refractivity contribution in [3.05, 3.63) is 0 Å². The largest absolute Gasteiger partial charge is 0.393 e. The van der Waals surface area contributed by atoms with Crippen molar-refractivity contribution in [2.24, 2.45) is 40.4 Å². The maximum absolute atomic E-state index is 10.4. The number of aliphatic hydroxyl groups excluding tert-OH is 1. The number of fused-ring (bicyclic) bond motifs is 5. The predicted octanol–water partition coefficient (Wildman–Crippen LogP) is 5.02. The van der Waals surface area contributed by atoms with Crippen LogP contribution in [0.1, 0.15) is 78.6 Å². The van der Waals surface area contributed by atoms with Crippen LogP contribution in [0.5, 0.6) is 0 Å². The molecule has 0 heterocycles. The lowest BCUT2D eigenvalue weighted by atomic mass is 9.44. The van der Waals surface area contributed by atoms with E-state index in [9.17, 15) is 5.11 Å². The van der Waals surface area contributed by atoms with Gasteiger partial charge in [0, 0.05) is 7.11 Å². The summed E-state index contributed by atoms with van der Waals surface area (Å²) in [6.07, 6.45) is 12.2. The van der Waals surface area contributed by atoms with Crippen LogP contribution in [0.25, 0.3) is 0 Å². The van der Waals surface area contributed by atoms with Crippen molar-refractivity contribution in [3.8, 4) is 0 Å². The molecule has 4 aliphatic carbocycles. The molecule has 0 radical (unpaired) electrons. The van der Waals surface area contributed by atoms with E-state index < -0.39 is 0 Å². The third-order valence-corrected chi connectivity index (χ3v) is 9.69. The van der Waals surface area contributed by atoms with Gasteiger partial charge in [-0.2, -0.15) is 0 Å². The van der Waals surface area contributed by atoms with Crippen LogP contribution in [0.4, 0.5) is 0 Å². The molecule has 0 amide bonds. The summed E-state index contributed by atoms with van der Waals surface area (Å²) in [5.41, 5.74) is 0.900. The van der Waals surface area contributed by atoms with Crippen molar-refractivity contribution >= 4 is 0 Å². The molecule has 9 atom stereocenters. The Kier molecular flexibility index (Phi) is 5.20. The highest BCUT2D eigenvalue weighted by molar-refractivity contribution is 5.09. The molecule has 0 bridgehead atoms. The highest BCUT2D eigenvalue weighted by Crippen LogP contribution is 2.67. The minimum atomic E-state index is -0.137. The summed E-state index contributed by atoms with van der Waals surface area (Å²) in [5, 5.41) is 10.4. The van der Waals surface area contributed by atoms with E-state index in [0.29, 0.717) is 29.6 Å². The Bertz CT molecular complexity index is 506. The number of hydrogen-bond acceptors (Lipinski definition) is 3. The van der Waals surface area contributed by atoms with E-state index in [-0.39, 0.29) is 6.10 Å². The molecule has 4 saturated carbocycles. The summed E-state index contributed by atoms with van der Waals surface area (Å²) in [7, 11) is 1.72. The summed E-state index contributed by atoms with van der Waals surface area (Å²) in [6.45, 7) is 7.61. The zero-order valence-corrected chi connectivity index (χ0v) is 17.4. The second-order valence-corrected chi connectivity index (χ2v) is 10.6. The van der Waals surface area contributed by atoms with Gasteiger partial charge in [-0.05, 0) is 105 Å². The fourth-order valence-electron chi connectivity index (χ4n) is 8.37. The number of ether oxygens (including phenoxy) is 2. The highest BCUT2D eigenvalue weighted by atomic mass is 16.7. The fourth-order valence-corrected chi connectivity index (χ4v) is 8.37. The second-order valence-electron chi connectivity index (χ2n) is 10.6. The topological polar surface area (TPSA) is 38.7 Å². The normalized spacial score (nSPS) is 52.0. The maximum atomic E-state index is 10.4. The molecule has 3 nitrogen and oxygen atoms in total. The molecule has 0 unspecified atom stereocenters. The third-order valence-electron chi connectivity index (χ3n) is 9.69. The zero-order valence-electron chi connectivity index (χ0n) is 17.4. The number of aliphatic hydroxyl groups is 1. The van der Waals surface area contributed by atoms with Crippen LogP contribution in [0, 0.1) is 40.4 Å². The van der Waals surface area contributed by atoms with Crippen LogP contribution < -0.4 is 0 Å². The first-order chi connectivity index (χ1) is 12.4. The molecule has 0 aliphatic heterocycles. The maximum Gasteiger partial charge on any atom is 0.146 e. The first kappa shape index (κ1) is 19.2. The minimum absolute atomic E-state index is 0.137. The molecule has 26 heavy (non-hydrogen) atoms. The Balaban J connectivity index is 1.50. The molecule has 0 spiro atoms. The first-order valence-electron chi connectivity index (χ1n) is 11.2. The molecule has 4 rings (SSSR count). The first-order valence-corrected chi connectivity index (χ1v) is 11.2. The smallest absolute Gasteiger partial charge is 0.146 e. The van der Waals surface area contributed by atoms with E-state index in [1.807, 2.05) is 6.92 Å². The molecule has 4 fully saturated rings. The van der Waals surface area contributed by atoms with Crippen molar-refractivity contribution in [1.82, 2.24) is 0 Å². The highest BCUT2D eigenvalue weighted by Gasteiger charge is 2.60. The molecule has 0 aromatic rings. The van der Waals surface area contributed by atoms with Gasteiger partial charge < -0.3 is 14.6 Å². The van der Waals surface area contributed by atoms with Crippen molar-refractivity contribution in [2.45, 2.75) is 90.8 Å². The summed E-state index contributed by atoms with van der Waals surface area (Å²) < 4.78 is 11.1. The number of methoxy groups -OCH3 is 1. The average Bonchev–Trinajstić information content (AvgIpc) is 2.97. The molecule has 0 aromatic carbocycles. The van der Waals surface area contributed by atoms with E-state index in [1.54, 1.807) is 7.11 Å². The van der Waals surface area contributed by atoms with Crippen molar-refractivity contribution in [3.63, 3.8) is 0 Å². The van der Waals surface area contributed by atoms with Gasteiger partial charge in [0.2, 0.25) is 0 Å². The third kappa shape index (κ3) is 2.88. The molecule has 3 heteroatoms. The van der Waals surface area contributed by atoms with Crippen LogP contribution in [0.3, 0.4) is 0 Å². The zero-order chi connectivity index (χ0) is 18.5. The molecule has 150 valence electrons. The minimum Gasteiger partial charge on any atom is -0.393 e. The molecule has 0 aromatic heterocycles. The Morgan fingerprint density at radius 3 is 2.42 bits per heavy atom. The summed E-state index contributed by atoms with van der Waals surface area (Å²) >= 11 is 0. The van der Waals surface area contributed by atoms with Gasteiger partial charge in [-0.1, -0.05) is 13.8 Å². The lowest BCUT2D eigenvalue weighted by molar-refractivity contribution is -0.154. The monoisotopic (exact) mass is 364 g/mol. The number of rotatable bonds is 4. The van der Waals surface area contributed by atoms with Crippen molar-refractivity contribution in [2.75, 3.05) is 13.9 Å². The molecule has 1 N–H and O–H groups in total. The Labute approximate surface area is 160 Å². The van der Waals surface area contributed by atoms with Gasteiger partial charge in [-0.15, -0.1) is 0 Å². The van der Waals surface area contributed by atoms with Crippen LogP contribution >= 0.6 is 0 Å². The standard InChI is InChI=1S/C23H40O3/c1-15(24)19-7-8-20-18-6-5-16-13-17(26-14-25-4)9-11-22(16,2)21(18)10-12-23(19,20)3/h15-21,24H,5-14H2,1-4H3/t15-,16+,17-,18+,19-,20+,21+,22+,23-/m1/s1. The number of hydrogen-bond donors (Lipinski definition) is 1. The van der Waals surface area contributed by atoms with Crippen LogP contribution in [-0.2, 0) is 9.47 Å².